The molecule has 170 valence electrons. The van der Waals surface area contributed by atoms with Crippen molar-refractivity contribution in [3.63, 3.8) is 0 Å². The van der Waals surface area contributed by atoms with Crippen molar-refractivity contribution in [1.29, 1.82) is 0 Å². The number of amidine groups is 1. The molecule has 5 atom stereocenters. The van der Waals surface area contributed by atoms with Gasteiger partial charge in [0.25, 0.3) is 0 Å². The maximum absolute atomic E-state index is 13.0. The molecule has 8 nitrogen and oxygen atoms in total. The Morgan fingerprint density at radius 1 is 1.23 bits per heavy atom. The van der Waals surface area contributed by atoms with Crippen LogP contribution >= 0.6 is 11.8 Å². The molecule has 4 rings (SSSR count). The van der Waals surface area contributed by atoms with Gasteiger partial charge in [0.05, 0.1) is 31.3 Å². The number of aryl methyl sites for hydroxylation is 2. The second-order valence-electron chi connectivity index (χ2n) is 8.65. The Labute approximate surface area is 187 Å². The Bertz CT molecular complexity index is 809. The van der Waals surface area contributed by atoms with Crippen LogP contribution in [0.3, 0.4) is 0 Å². The molecule has 4 N–H and O–H groups in total. The Kier molecular flexibility index (Phi) is 7.18. The highest BCUT2D eigenvalue weighted by molar-refractivity contribution is 8.15. The maximum atomic E-state index is 13.0. The summed E-state index contributed by atoms with van der Waals surface area (Å²) in [6, 6.07) is 5.68. The number of nitrogens with one attached hydrogen (secondary N) is 2. The smallest absolute Gasteiger partial charge is 0.224 e. The summed E-state index contributed by atoms with van der Waals surface area (Å²) < 4.78 is 5.36. The number of thioether (sulfide) groups is 1. The van der Waals surface area contributed by atoms with E-state index in [1.165, 1.54) is 11.8 Å². The zero-order valence-electron chi connectivity index (χ0n) is 18.1. The Balaban J connectivity index is 1.38. The fourth-order valence-electron chi connectivity index (χ4n) is 4.57. The van der Waals surface area contributed by atoms with Gasteiger partial charge < -0.3 is 25.6 Å². The molecule has 0 aromatic heterocycles. The van der Waals surface area contributed by atoms with Gasteiger partial charge in [-0.05, 0) is 43.5 Å². The van der Waals surface area contributed by atoms with Crippen LogP contribution in [0.15, 0.2) is 23.2 Å². The average Bonchev–Trinajstić information content (AvgIpc) is 3.14. The first-order valence-corrected chi connectivity index (χ1v) is 11.8. The lowest BCUT2D eigenvalue weighted by molar-refractivity contribution is -0.129. The molecule has 1 aromatic carbocycles. The molecular weight excluding hydrogens is 416 g/mol. The van der Waals surface area contributed by atoms with E-state index < -0.39 is 24.2 Å². The number of aliphatic hydroxyl groups excluding tert-OH is 2. The second-order valence-corrected chi connectivity index (χ2v) is 9.82. The first-order valence-electron chi connectivity index (χ1n) is 10.9. The van der Waals surface area contributed by atoms with E-state index in [0.717, 1.165) is 49.7 Å². The molecule has 0 unspecified atom stereocenters. The predicted molar refractivity (Wildman–Crippen MR) is 123 cm³/mol. The van der Waals surface area contributed by atoms with Gasteiger partial charge in [-0.3, -0.25) is 14.7 Å². The molecule has 2 heterocycles. The zero-order chi connectivity index (χ0) is 22.0. The van der Waals surface area contributed by atoms with E-state index in [4.69, 9.17) is 4.74 Å². The van der Waals surface area contributed by atoms with Crippen molar-refractivity contribution < 1.29 is 19.7 Å². The maximum Gasteiger partial charge on any atom is 0.224 e. The van der Waals surface area contributed by atoms with E-state index in [1.807, 2.05) is 26.0 Å². The lowest BCUT2D eigenvalue weighted by atomic mass is 9.81. The number of carbonyl (C=O) groups excluding carboxylic acids is 1. The number of morpholine rings is 1. The lowest BCUT2D eigenvalue weighted by Crippen LogP contribution is -2.54. The number of ether oxygens (including phenoxy) is 1. The van der Waals surface area contributed by atoms with Gasteiger partial charge >= 0.3 is 0 Å². The summed E-state index contributed by atoms with van der Waals surface area (Å²) in [4.78, 5) is 19.9. The number of aliphatic imine (C=N–C) groups is 1. The second kappa shape index (κ2) is 9.87. The minimum Gasteiger partial charge on any atom is -0.390 e. The van der Waals surface area contributed by atoms with Gasteiger partial charge in [-0.25, -0.2) is 0 Å². The number of aliphatic hydroxyl groups is 2. The van der Waals surface area contributed by atoms with Crippen LogP contribution in [-0.4, -0.2) is 89.1 Å². The summed E-state index contributed by atoms with van der Waals surface area (Å²) in [5, 5.41) is 27.7. The number of rotatable bonds is 5. The Hall–Kier alpha value is -1.65. The number of amides is 1. The van der Waals surface area contributed by atoms with Gasteiger partial charge in [0, 0.05) is 37.1 Å². The van der Waals surface area contributed by atoms with Crippen LogP contribution in [-0.2, 0) is 9.53 Å². The van der Waals surface area contributed by atoms with Gasteiger partial charge in [0.15, 0.2) is 5.17 Å². The number of benzene rings is 1. The fraction of sp³-hybridized carbons (Fsp3) is 0.636. The van der Waals surface area contributed by atoms with E-state index >= 15 is 0 Å². The van der Waals surface area contributed by atoms with E-state index in [1.54, 1.807) is 0 Å². The number of hydrogen-bond acceptors (Lipinski definition) is 8. The fourth-order valence-corrected chi connectivity index (χ4v) is 5.95. The number of carbonyl (C=O) groups is 1. The summed E-state index contributed by atoms with van der Waals surface area (Å²) in [6.07, 6.45) is -1.68. The van der Waals surface area contributed by atoms with E-state index in [-0.39, 0.29) is 17.6 Å². The molecule has 2 fully saturated rings. The van der Waals surface area contributed by atoms with E-state index in [9.17, 15) is 15.0 Å². The van der Waals surface area contributed by atoms with Gasteiger partial charge in [-0.2, -0.15) is 0 Å². The normalized spacial score (nSPS) is 31.1. The SMILES string of the molecule is Cc1cc(C)cc(NC2=N[C@@H]3[C@@H](O)[C@H](O)C[C@H](C(=O)NCCN4CCOCC4)[C@H]3S2)c1. The van der Waals surface area contributed by atoms with Crippen LogP contribution in [0.2, 0.25) is 0 Å². The van der Waals surface area contributed by atoms with E-state index in [2.05, 4.69) is 26.6 Å². The van der Waals surface area contributed by atoms with Crippen molar-refractivity contribution in [3.05, 3.63) is 29.3 Å². The first kappa shape index (κ1) is 22.5. The molecule has 1 aromatic rings. The summed E-state index contributed by atoms with van der Waals surface area (Å²) in [5.41, 5.74) is 3.23. The molecule has 3 aliphatic rings. The average molecular weight is 449 g/mol. The van der Waals surface area contributed by atoms with Crippen molar-refractivity contribution >= 4 is 28.5 Å². The van der Waals surface area contributed by atoms with Crippen LogP contribution in [0.5, 0.6) is 0 Å². The third kappa shape index (κ3) is 5.40. The number of nitrogens with zero attached hydrogens (tertiary/aromatic N) is 2. The standard InChI is InChI=1S/C22H32N4O4S/c1-13-9-14(2)11-15(10-13)24-22-25-18-19(28)17(27)12-16(20(18)31-22)21(29)23-3-4-26-5-7-30-8-6-26/h9-11,16-20,27-28H,3-8,12H2,1-2H3,(H,23,29)(H,24,25)/t16-,17+,18+,19-,20+/m0/s1. The molecule has 1 saturated heterocycles. The van der Waals surface area contributed by atoms with Crippen molar-refractivity contribution in [2.24, 2.45) is 10.9 Å². The van der Waals surface area contributed by atoms with Crippen LogP contribution in [0.25, 0.3) is 0 Å². The highest BCUT2D eigenvalue weighted by atomic mass is 32.2. The minimum atomic E-state index is -0.964. The van der Waals surface area contributed by atoms with Crippen molar-refractivity contribution in [3.8, 4) is 0 Å². The lowest BCUT2D eigenvalue weighted by Gasteiger charge is -2.37. The highest BCUT2D eigenvalue weighted by Crippen LogP contribution is 2.41. The van der Waals surface area contributed by atoms with Crippen molar-refractivity contribution in [2.45, 2.75) is 43.8 Å². The molecule has 0 bridgehead atoms. The minimum absolute atomic E-state index is 0.0791. The topological polar surface area (TPSA) is 106 Å². The van der Waals surface area contributed by atoms with Gasteiger partial charge in [0.1, 0.15) is 6.10 Å². The Morgan fingerprint density at radius 2 is 1.94 bits per heavy atom. The molecule has 31 heavy (non-hydrogen) atoms. The predicted octanol–water partition coefficient (Wildman–Crippen LogP) is 0.745. The van der Waals surface area contributed by atoms with Crippen molar-refractivity contribution in [1.82, 2.24) is 10.2 Å². The summed E-state index contributed by atoms with van der Waals surface area (Å²) in [5.74, 6) is -0.482. The third-order valence-electron chi connectivity index (χ3n) is 6.13. The molecule has 0 radical (unpaired) electrons. The number of anilines is 1. The largest absolute Gasteiger partial charge is 0.390 e. The molecule has 1 saturated carbocycles. The van der Waals surface area contributed by atoms with Gasteiger partial charge in [-0.15, -0.1) is 0 Å². The van der Waals surface area contributed by atoms with Crippen LogP contribution in [0.1, 0.15) is 17.5 Å². The highest BCUT2D eigenvalue weighted by Gasteiger charge is 2.50. The Morgan fingerprint density at radius 3 is 2.65 bits per heavy atom. The molecule has 1 amide bonds. The van der Waals surface area contributed by atoms with Crippen LogP contribution in [0.4, 0.5) is 5.69 Å². The zero-order valence-corrected chi connectivity index (χ0v) is 18.9. The summed E-state index contributed by atoms with van der Waals surface area (Å²) in [6.45, 7) is 8.65. The number of fused-ring (bicyclic) bond motifs is 1. The van der Waals surface area contributed by atoms with Gasteiger partial charge in [-0.1, -0.05) is 17.8 Å². The molecular formula is C22H32N4O4S. The molecule has 2 aliphatic heterocycles. The first-order chi connectivity index (χ1) is 14.9. The monoisotopic (exact) mass is 448 g/mol. The number of hydrogen-bond donors (Lipinski definition) is 4. The molecule has 9 heteroatoms. The van der Waals surface area contributed by atoms with E-state index in [0.29, 0.717) is 11.7 Å². The quantitative estimate of drug-likeness (QED) is 0.527. The molecule has 1 aliphatic carbocycles. The summed E-state index contributed by atoms with van der Waals surface area (Å²) in [7, 11) is 0. The molecule has 0 spiro atoms. The summed E-state index contributed by atoms with van der Waals surface area (Å²) >= 11 is 1.48. The van der Waals surface area contributed by atoms with Crippen LogP contribution < -0.4 is 10.6 Å². The van der Waals surface area contributed by atoms with Crippen molar-refractivity contribution in [2.75, 3.05) is 44.7 Å². The van der Waals surface area contributed by atoms with Gasteiger partial charge in [0.2, 0.25) is 5.91 Å². The third-order valence-corrected chi connectivity index (χ3v) is 7.44. The van der Waals surface area contributed by atoms with Crippen LogP contribution in [0, 0.1) is 19.8 Å².